The maximum atomic E-state index is 14.0. The summed E-state index contributed by atoms with van der Waals surface area (Å²) in [5.74, 6) is 0.426. The van der Waals surface area contributed by atoms with Gasteiger partial charge in [0.15, 0.2) is 0 Å². The van der Waals surface area contributed by atoms with E-state index in [4.69, 9.17) is 9.47 Å². The lowest BCUT2D eigenvalue weighted by Gasteiger charge is -2.13. The average Bonchev–Trinajstić information content (AvgIpc) is 3.07. The number of hydrogen-bond donors (Lipinski definition) is 0. The number of thioether (sulfide) groups is 1. The Balaban J connectivity index is 1.43. The summed E-state index contributed by atoms with van der Waals surface area (Å²) in [6, 6.07) is 22.8. The second kappa shape index (κ2) is 10.2. The average molecular weight is 450 g/mol. The fraction of sp³-hybridized carbons (Fsp3) is 0.120. The van der Waals surface area contributed by atoms with E-state index in [0.717, 1.165) is 22.4 Å². The molecule has 1 heterocycles. The Hall–Kier alpha value is -3.58. The van der Waals surface area contributed by atoms with Crippen molar-refractivity contribution in [2.75, 3.05) is 13.2 Å². The first kappa shape index (κ1) is 21.6. The van der Waals surface area contributed by atoms with E-state index in [-0.39, 0.29) is 17.0 Å². The summed E-state index contributed by atoms with van der Waals surface area (Å²) in [6.07, 6.45) is 1.62. The van der Waals surface area contributed by atoms with Gasteiger partial charge in [-0.25, -0.2) is 4.39 Å². The Labute approximate surface area is 189 Å². The van der Waals surface area contributed by atoms with Crippen molar-refractivity contribution >= 4 is 29.0 Å². The third-order valence-electron chi connectivity index (χ3n) is 4.72. The highest BCUT2D eigenvalue weighted by Gasteiger charge is 2.35. The number of imide groups is 1. The number of rotatable bonds is 8. The highest BCUT2D eigenvalue weighted by molar-refractivity contribution is 8.18. The fourth-order valence-corrected chi connectivity index (χ4v) is 3.96. The maximum absolute atomic E-state index is 14.0. The van der Waals surface area contributed by atoms with Crippen LogP contribution in [-0.2, 0) is 11.3 Å². The smallest absolute Gasteiger partial charge is 0.293 e. The Morgan fingerprint density at radius 2 is 1.53 bits per heavy atom. The molecule has 0 unspecified atom stereocenters. The van der Waals surface area contributed by atoms with Gasteiger partial charge in [0.2, 0.25) is 0 Å². The van der Waals surface area contributed by atoms with Gasteiger partial charge >= 0.3 is 0 Å². The lowest BCUT2D eigenvalue weighted by Crippen LogP contribution is -2.27. The van der Waals surface area contributed by atoms with Gasteiger partial charge in [0.25, 0.3) is 11.1 Å². The molecule has 0 radical (unpaired) electrons. The molecule has 3 aromatic rings. The second-order valence-corrected chi connectivity index (χ2v) is 7.90. The Bertz CT molecular complexity index is 1150. The molecule has 3 aromatic carbocycles. The third-order valence-corrected chi connectivity index (χ3v) is 5.63. The fourth-order valence-electron chi connectivity index (χ4n) is 3.13. The number of halogens is 1. The molecule has 1 aliphatic heterocycles. The van der Waals surface area contributed by atoms with Gasteiger partial charge in [0.1, 0.15) is 30.5 Å². The number of benzene rings is 3. The van der Waals surface area contributed by atoms with Crippen LogP contribution in [0.2, 0.25) is 0 Å². The molecule has 0 atom stereocenters. The van der Waals surface area contributed by atoms with Crippen LogP contribution < -0.4 is 9.47 Å². The van der Waals surface area contributed by atoms with Crippen LogP contribution in [0.15, 0.2) is 83.8 Å². The van der Waals surface area contributed by atoms with E-state index < -0.39 is 17.0 Å². The van der Waals surface area contributed by atoms with Crippen molar-refractivity contribution in [1.29, 1.82) is 0 Å². The van der Waals surface area contributed by atoms with Crippen LogP contribution in [0, 0.1) is 5.82 Å². The Morgan fingerprint density at radius 3 is 2.34 bits per heavy atom. The SMILES string of the molecule is O=C1S/C(=C/c2ccccc2OCCOc2ccccc2)C(=O)N1Cc1ccccc1F. The molecule has 1 fully saturated rings. The third kappa shape index (κ3) is 5.18. The molecule has 7 heteroatoms. The van der Waals surface area contributed by atoms with Crippen LogP contribution in [0.4, 0.5) is 9.18 Å². The number of para-hydroxylation sites is 2. The lowest BCUT2D eigenvalue weighted by molar-refractivity contribution is -0.123. The zero-order chi connectivity index (χ0) is 22.3. The summed E-state index contributed by atoms with van der Waals surface area (Å²) in [6.45, 7) is 0.565. The standard InChI is InChI=1S/C25H20FNO4S/c26-21-12-6-4-9-19(21)17-27-24(28)23(32-25(27)29)16-18-8-5-7-13-22(18)31-15-14-30-20-10-2-1-3-11-20/h1-13,16H,14-15,17H2/b23-16+. The first-order chi connectivity index (χ1) is 15.6. The van der Waals surface area contributed by atoms with E-state index >= 15 is 0 Å². The van der Waals surface area contributed by atoms with Gasteiger partial charge in [-0.1, -0.05) is 54.6 Å². The van der Waals surface area contributed by atoms with Gasteiger partial charge in [-0.2, -0.15) is 0 Å². The van der Waals surface area contributed by atoms with Crippen molar-refractivity contribution in [1.82, 2.24) is 4.90 Å². The van der Waals surface area contributed by atoms with Crippen molar-refractivity contribution in [3.05, 3.63) is 101 Å². The summed E-state index contributed by atoms with van der Waals surface area (Å²) < 4.78 is 25.4. The van der Waals surface area contributed by atoms with Crippen molar-refractivity contribution in [2.45, 2.75) is 6.54 Å². The van der Waals surface area contributed by atoms with Crippen LogP contribution in [0.1, 0.15) is 11.1 Å². The predicted molar refractivity (Wildman–Crippen MR) is 122 cm³/mol. The van der Waals surface area contributed by atoms with Gasteiger partial charge in [0.05, 0.1) is 11.4 Å². The van der Waals surface area contributed by atoms with E-state index in [1.165, 1.54) is 6.07 Å². The molecule has 0 aliphatic carbocycles. The summed E-state index contributed by atoms with van der Waals surface area (Å²) in [4.78, 5) is 26.5. The van der Waals surface area contributed by atoms with Crippen LogP contribution in [-0.4, -0.2) is 29.3 Å². The Kier molecular flexibility index (Phi) is 6.87. The Morgan fingerprint density at radius 1 is 0.844 bits per heavy atom. The molecule has 2 amide bonds. The van der Waals surface area contributed by atoms with Gasteiger partial charge in [-0.3, -0.25) is 14.5 Å². The molecule has 1 saturated heterocycles. The summed E-state index contributed by atoms with van der Waals surface area (Å²) in [7, 11) is 0. The maximum Gasteiger partial charge on any atom is 0.293 e. The number of carbonyl (C=O) groups is 2. The minimum atomic E-state index is -0.453. The minimum Gasteiger partial charge on any atom is -0.490 e. The van der Waals surface area contributed by atoms with Crippen LogP contribution in [0.5, 0.6) is 11.5 Å². The quantitative estimate of drug-likeness (QED) is 0.335. The molecule has 0 bridgehead atoms. The van der Waals surface area contributed by atoms with E-state index in [9.17, 15) is 14.0 Å². The van der Waals surface area contributed by atoms with Gasteiger partial charge < -0.3 is 9.47 Å². The zero-order valence-electron chi connectivity index (χ0n) is 17.1. The monoisotopic (exact) mass is 449 g/mol. The number of ether oxygens (including phenoxy) is 2. The van der Waals surface area contributed by atoms with Crippen LogP contribution >= 0.6 is 11.8 Å². The van der Waals surface area contributed by atoms with Crippen molar-refractivity contribution < 1.29 is 23.5 Å². The number of nitrogens with zero attached hydrogens (tertiary/aromatic N) is 1. The molecule has 5 nitrogen and oxygen atoms in total. The normalized spacial score (nSPS) is 14.8. The van der Waals surface area contributed by atoms with E-state index in [1.54, 1.807) is 36.4 Å². The van der Waals surface area contributed by atoms with Gasteiger partial charge in [0, 0.05) is 11.1 Å². The molecule has 0 aromatic heterocycles. The summed E-state index contributed by atoms with van der Waals surface area (Å²) >= 11 is 0.832. The number of carbonyl (C=O) groups excluding carboxylic acids is 2. The van der Waals surface area contributed by atoms with Crippen molar-refractivity contribution in [3.63, 3.8) is 0 Å². The van der Waals surface area contributed by atoms with Crippen LogP contribution in [0.3, 0.4) is 0 Å². The molecule has 0 N–H and O–H groups in total. The van der Waals surface area contributed by atoms with Crippen LogP contribution in [0.25, 0.3) is 6.08 Å². The first-order valence-electron chi connectivity index (χ1n) is 10.0. The molecule has 162 valence electrons. The summed E-state index contributed by atoms with van der Waals surface area (Å²) in [5.41, 5.74) is 0.960. The number of hydrogen-bond acceptors (Lipinski definition) is 5. The molecule has 0 spiro atoms. The lowest BCUT2D eigenvalue weighted by atomic mass is 10.1. The molecular weight excluding hydrogens is 429 g/mol. The largest absolute Gasteiger partial charge is 0.490 e. The zero-order valence-corrected chi connectivity index (χ0v) is 17.9. The molecular formula is C25H20FNO4S. The molecule has 0 saturated carbocycles. The minimum absolute atomic E-state index is 0.107. The van der Waals surface area contributed by atoms with E-state index in [1.807, 2.05) is 42.5 Å². The van der Waals surface area contributed by atoms with Crippen molar-refractivity contribution in [3.8, 4) is 11.5 Å². The van der Waals surface area contributed by atoms with E-state index in [0.29, 0.717) is 24.5 Å². The molecule has 4 rings (SSSR count). The summed E-state index contributed by atoms with van der Waals surface area (Å²) in [5, 5.41) is -0.431. The highest BCUT2D eigenvalue weighted by Crippen LogP contribution is 2.35. The van der Waals surface area contributed by atoms with Gasteiger partial charge in [-0.05, 0) is 42.1 Å². The molecule has 32 heavy (non-hydrogen) atoms. The number of amides is 2. The highest BCUT2D eigenvalue weighted by atomic mass is 32.2. The molecule has 1 aliphatic rings. The van der Waals surface area contributed by atoms with Crippen molar-refractivity contribution in [2.24, 2.45) is 0 Å². The first-order valence-corrected chi connectivity index (χ1v) is 10.8. The predicted octanol–water partition coefficient (Wildman–Crippen LogP) is 5.52. The van der Waals surface area contributed by atoms with Gasteiger partial charge in [-0.15, -0.1) is 0 Å². The second-order valence-electron chi connectivity index (χ2n) is 6.91. The topological polar surface area (TPSA) is 55.8 Å². The van der Waals surface area contributed by atoms with E-state index in [2.05, 4.69) is 0 Å².